The Bertz CT molecular complexity index is 464. The summed E-state index contributed by atoms with van der Waals surface area (Å²) in [6.45, 7) is 2.12. The summed E-state index contributed by atoms with van der Waals surface area (Å²) in [4.78, 5) is 1.31. The molecule has 4 heteroatoms. The summed E-state index contributed by atoms with van der Waals surface area (Å²) in [5.41, 5.74) is 5.34. The molecular weight excluding hydrogens is 331 g/mol. The van der Waals surface area contributed by atoms with E-state index in [1.165, 1.54) is 19.6 Å². The van der Waals surface area contributed by atoms with Crippen molar-refractivity contribution >= 4 is 33.9 Å². The monoisotopic (exact) mass is 344 g/mol. The van der Waals surface area contributed by atoms with E-state index in [0.29, 0.717) is 0 Å². The number of benzene rings is 1. The van der Waals surface area contributed by atoms with Crippen LogP contribution in [0, 0.1) is 10.5 Å². The van der Waals surface area contributed by atoms with E-state index in [1.807, 2.05) is 0 Å². The van der Waals surface area contributed by atoms with Crippen molar-refractivity contribution < 1.29 is 0 Å². The Morgan fingerprint density at radius 1 is 1.25 bits per heavy atom. The van der Waals surface area contributed by atoms with E-state index in [-0.39, 0.29) is 6.04 Å². The molecule has 2 rings (SSSR count). The number of hydrogen-bond donors (Lipinski definition) is 2. The number of rotatable bonds is 3. The van der Waals surface area contributed by atoms with Crippen molar-refractivity contribution in [2.45, 2.75) is 13.0 Å². The molecule has 1 aromatic carbocycles. The number of nitrogens with one attached hydrogen (secondary N) is 1. The van der Waals surface area contributed by atoms with Gasteiger partial charge in [-0.05, 0) is 64.2 Å². The zero-order chi connectivity index (χ0) is 11.5. The number of hydrogen-bond acceptors (Lipinski definition) is 3. The number of nitrogens with two attached hydrogens (primary N) is 1. The maximum absolute atomic E-state index is 5.66. The molecule has 0 fully saturated rings. The van der Waals surface area contributed by atoms with Gasteiger partial charge in [0.2, 0.25) is 0 Å². The van der Waals surface area contributed by atoms with Crippen molar-refractivity contribution in [3.8, 4) is 0 Å². The predicted molar refractivity (Wildman–Crippen MR) is 77.4 cm³/mol. The lowest BCUT2D eigenvalue weighted by Crippen LogP contribution is -2.28. The molecule has 0 saturated carbocycles. The molecule has 1 unspecified atom stereocenters. The van der Waals surface area contributed by atoms with E-state index in [0.717, 1.165) is 0 Å². The van der Waals surface area contributed by atoms with Crippen molar-refractivity contribution in [2.75, 3.05) is 0 Å². The first-order valence-corrected chi connectivity index (χ1v) is 6.94. The molecule has 0 aliphatic rings. The summed E-state index contributed by atoms with van der Waals surface area (Å²) in [6, 6.07) is 10.6. The molecule has 0 aliphatic heterocycles. The van der Waals surface area contributed by atoms with Crippen molar-refractivity contribution in [1.82, 2.24) is 5.43 Å². The highest BCUT2D eigenvalue weighted by molar-refractivity contribution is 14.1. The van der Waals surface area contributed by atoms with E-state index in [4.69, 9.17) is 5.84 Å². The van der Waals surface area contributed by atoms with Gasteiger partial charge < -0.3 is 0 Å². The van der Waals surface area contributed by atoms with Crippen molar-refractivity contribution in [3.05, 3.63) is 55.3 Å². The molecule has 2 nitrogen and oxygen atoms in total. The summed E-state index contributed by atoms with van der Waals surface area (Å²) < 4.78 is 1.24. The molecule has 1 atom stereocenters. The number of hydrazine groups is 1. The van der Waals surface area contributed by atoms with Gasteiger partial charge in [0.25, 0.3) is 0 Å². The topological polar surface area (TPSA) is 38.0 Å². The molecular formula is C12H13IN2S. The number of halogens is 1. The highest BCUT2D eigenvalue weighted by Gasteiger charge is 2.14. The SMILES string of the molecule is Cc1sccc1C(NN)c1ccc(I)cc1. The number of aryl methyl sites for hydroxylation is 1. The van der Waals surface area contributed by atoms with Crippen LogP contribution in [0.5, 0.6) is 0 Å². The third-order valence-corrected chi connectivity index (χ3v) is 4.16. The van der Waals surface area contributed by atoms with Crippen LogP contribution in [0.4, 0.5) is 0 Å². The minimum Gasteiger partial charge on any atom is -0.271 e. The standard InChI is InChI=1S/C12H13IN2S/c1-8-11(6-7-16-8)12(15-14)9-2-4-10(13)5-3-9/h2-7,12,15H,14H2,1H3. The van der Waals surface area contributed by atoms with Crippen LogP contribution in [0.25, 0.3) is 0 Å². The van der Waals surface area contributed by atoms with Crippen LogP contribution in [-0.4, -0.2) is 0 Å². The normalized spacial score (nSPS) is 12.7. The molecule has 3 N–H and O–H groups in total. The van der Waals surface area contributed by atoms with Crippen LogP contribution in [-0.2, 0) is 0 Å². The summed E-state index contributed by atoms with van der Waals surface area (Å²) in [5, 5.41) is 2.10. The van der Waals surface area contributed by atoms with Gasteiger partial charge in [-0.1, -0.05) is 12.1 Å². The highest BCUT2D eigenvalue weighted by Crippen LogP contribution is 2.27. The lowest BCUT2D eigenvalue weighted by molar-refractivity contribution is 0.636. The van der Waals surface area contributed by atoms with Gasteiger partial charge in [0, 0.05) is 8.45 Å². The van der Waals surface area contributed by atoms with Crippen LogP contribution in [0.2, 0.25) is 0 Å². The molecule has 84 valence electrons. The molecule has 0 bridgehead atoms. The van der Waals surface area contributed by atoms with Crippen molar-refractivity contribution in [3.63, 3.8) is 0 Å². The van der Waals surface area contributed by atoms with Crippen molar-refractivity contribution in [2.24, 2.45) is 5.84 Å². The fourth-order valence-corrected chi connectivity index (χ4v) is 2.82. The van der Waals surface area contributed by atoms with Gasteiger partial charge in [0.15, 0.2) is 0 Å². The minimum atomic E-state index is 0.0863. The fraction of sp³-hybridized carbons (Fsp3) is 0.167. The zero-order valence-electron chi connectivity index (χ0n) is 8.91. The van der Waals surface area contributed by atoms with Crippen LogP contribution in [0.3, 0.4) is 0 Å². The zero-order valence-corrected chi connectivity index (χ0v) is 11.9. The maximum atomic E-state index is 5.66. The first-order valence-electron chi connectivity index (χ1n) is 4.98. The van der Waals surface area contributed by atoms with Crippen LogP contribution in [0.1, 0.15) is 22.0 Å². The molecule has 1 heterocycles. The first-order chi connectivity index (χ1) is 7.72. The minimum absolute atomic E-state index is 0.0863. The average molecular weight is 344 g/mol. The van der Waals surface area contributed by atoms with Gasteiger partial charge in [0.05, 0.1) is 6.04 Å². The van der Waals surface area contributed by atoms with E-state index in [1.54, 1.807) is 11.3 Å². The third kappa shape index (κ3) is 2.45. The van der Waals surface area contributed by atoms with Crippen LogP contribution < -0.4 is 11.3 Å². The Morgan fingerprint density at radius 2 is 1.94 bits per heavy atom. The molecule has 16 heavy (non-hydrogen) atoms. The summed E-state index contributed by atoms with van der Waals surface area (Å²) in [5.74, 6) is 5.66. The second-order valence-electron chi connectivity index (χ2n) is 3.58. The van der Waals surface area contributed by atoms with Crippen LogP contribution >= 0.6 is 33.9 Å². The molecule has 0 spiro atoms. The van der Waals surface area contributed by atoms with Gasteiger partial charge in [-0.15, -0.1) is 11.3 Å². The van der Waals surface area contributed by atoms with E-state index in [9.17, 15) is 0 Å². The Hall–Kier alpha value is -0.430. The molecule has 0 saturated heterocycles. The summed E-state index contributed by atoms with van der Waals surface area (Å²) in [6.07, 6.45) is 0. The van der Waals surface area contributed by atoms with E-state index < -0.39 is 0 Å². The van der Waals surface area contributed by atoms with Gasteiger partial charge >= 0.3 is 0 Å². The van der Waals surface area contributed by atoms with Crippen molar-refractivity contribution in [1.29, 1.82) is 0 Å². The second kappa shape index (κ2) is 5.27. The second-order valence-corrected chi connectivity index (χ2v) is 5.95. The lowest BCUT2D eigenvalue weighted by atomic mass is 10.0. The first kappa shape index (κ1) is 12.0. The number of thiophene rings is 1. The molecule has 1 aromatic heterocycles. The third-order valence-electron chi connectivity index (χ3n) is 2.58. The van der Waals surface area contributed by atoms with Gasteiger partial charge in [0.1, 0.15) is 0 Å². The van der Waals surface area contributed by atoms with Gasteiger partial charge in [-0.3, -0.25) is 5.84 Å². The maximum Gasteiger partial charge on any atom is 0.0720 e. The Kier molecular flexibility index (Phi) is 3.96. The average Bonchev–Trinajstić information content (AvgIpc) is 2.69. The largest absolute Gasteiger partial charge is 0.271 e. The molecule has 2 aromatic rings. The summed E-state index contributed by atoms with van der Waals surface area (Å²) in [7, 11) is 0. The molecule has 0 aliphatic carbocycles. The lowest BCUT2D eigenvalue weighted by Gasteiger charge is -2.16. The fourth-order valence-electron chi connectivity index (χ4n) is 1.72. The van der Waals surface area contributed by atoms with E-state index >= 15 is 0 Å². The predicted octanol–water partition coefficient (Wildman–Crippen LogP) is 3.21. The smallest absolute Gasteiger partial charge is 0.0720 e. The molecule has 0 amide bonds. The Balaban J connectivity index is 2.37. The van der Waals surface area contributed by atoms with Gasteiger partial charge in [-0.25, -0.2) is 5.43 Å². The Morgan fingerprint density at radius 3 is 2.44 bits per heavy atom. The Labute approximate surface area is 113 Å². The van der Waals surface area contributed by atoms with Gasteiger partial charge in [-0.2, -0.15) is 0 Å². The van der Waals surface area contributed by atoms with E-state index in [2.05, 4.69) is 70.7 Å². The molecule has 0 radical (unpaired) electrons. The highest BCUT2D eigenvalue weighted by atomic mass is 127. The quantitative estimate of drug-likeness (QED) is 0.510. The van der Waals surface area contributed by atoms with Crippen LogP contribution in [0.15, 0.2) is 35.7 Å². The summed E-state index contributed by atoms with van der Waals surface area (Å²) >= 11 is 4.05.